The maximum atomic E-state index is 12.5. The third kappa shape index (κ3) is 3.24. The molecule has 0 aliphatic carbocycles. The van der Waals surface area contributed by atoms with Crippen LogP contribution in [0.2, 0.25) is 0 Å². The molecule has 0 aliphatic rings. The molecule has 0 saturated heterocycles. The van der Waals surface area contributed by atoms with Crippen molar-refractivity contribution in [2.45, 2.75) is 25.8 Å². The molecule has 1 N–H and O–H groups in total. The molecule has 5 nitrogen and oxygen atoms in total. The molecule has 0 fully saturated rings. The second-order valence-electron chi connectivity index (χ2n) is 5.46. The number of benzene rings is 1. The lowest BCUT2D eigenvalue weighted by Crippen LogP contribution is -2.39. The van der Waals surface area contributed by atoms with Crippen molar-refractivity contribution in [3.05, 3.63) is 47.9 Å². The highest BCUT2D eigenvalue weighted by atomic mass is 16.5. The smallest absolute Gasteiger partial charge is 0.230 e. The molecule has 2 rings (SSSR count). The highest BCUT2D eigenvalue weighted by Gasteiger charge is 2.30. The monoisotopic (exact) mass is 303 g/mol. The summed E-state index contributed by atoms with van der Waals surface area (Å²) in [6.07, 6.45) is 1.58. The van der Waals surface area contributed by atoms with E-state index in [9.17, 15) is 4.79 Å². The number of carbonyl (C=O) groups excluding carboxylic acids is 1. The van der Waals surface area contributed by atoms with Crippen LogP contribution >= 0.6 is 0 Å². The fourth-order valence-corrected chi connectivity index (χ4v) is 2.16. The van der Waals surface area contributed by atoms with Gasteiger partial charge in [-0.1, -0.05) is 6.07 Å². The van der Waals surface area contributed by atoms with Crippen LogP contribution in [0.4, 0.5) is 0 Å². The highest BCUT2D eigenvalue weighted by Crippen LogP contribution is 2.33. The van der Waals surface area contributed by atoms with E-state index in [1.807, 2.05) is 32.0 Å². The lowest BCUT2D eigenvalue weighted by molar-refractivity contribution is -0.125. The number of furan rings is 1. The van der Waals surface area contributed by atoms with Gasteiger partial charge >= 0.3 is 0 Å². The van der Waals surface area contributed by atoms with Crippen molar-refractivity contribution < 1.29 is 18.7 Å². The van der Waals surface area contributed by atoms with Crippen molar-refractivity contribution in [3.63, 3.8) is 0 Å². The van der Waals surface area contributed by atoms with Gasteiger partial charge in [-0.05, 0) is 43.7 Å². The van der Waals surface area contributed by atoms with Gasteiger partial charge in [-0.2, -0.15) is 0 Å². The van der Waals surface area contributed by atoms with E-state index in [0.29, 0.717) is 18.0 Å². The SMILES string of the molecule is COc1ccc(C(C)(C)C(=O)NCc2ccco2)cc1OC. The quantitative estimate of drug-likeness (QED) is 0.891. The summed E-state index contributed by atoms with van der Waals surface area (Å²) < 4.78 is 15.7. The normalized spacial score (nSPS) is 11.1. The number of hydrogen-bond donors (Lipinski definition) is 1. The summed E-state index contributed by atoms with van der Waals surface area (Å²) >= 11 is 0. The van der Waals surface area contributed by atoms with E-state index in [2.05, 4.69) is 5.32 Å². The van der Waals surface area contributed by atoms with Crippen LogP contribution < -0.4 is 14.8 Å². The van der Waals surface area contributed by atoms with Crippen LogP contribution in [-0.2, 0) is 16.8 Å². The molecule has 5 heteroatoms. The van der Waals surface area contributed by atoms with Crippen LogP contribution in [0.15, 0.2) is 41.0 Å². The zero-order chi connectivity index (χ0) is 16.2. The van der Waals surface area contributed by atoms with Gasteiger partial charge in [0.05, 0.1) is 32.4 Å². The largest absolute Gasteiger partial charge is 0.493 e. The molecule has 0 unspecified atom stereocenters. The standard InChI is InChI=1S/C17H21NO4/c1-17(2,16(19)18-11-13-6-5-9-22-13)12-7-8-14(20-3)15(10-12)21-4/h5-10H,11H2,1-4H3,(H,18,19). The summed E-state index contributed by atoms with van der Waals surface area (Å²) in [4.78, 5) is 12.5. The first kappa shape index (κ1) is 15.9. The zero-order valence-corrected chi connectivity index (χ0v) is 13.3. The molecule has 0 aliphatic heterocycles. The number of nitrogens with one attached hydrogen (secondary N) is 1. The minimum absolute atomic E-state index is 0.0869. The Balaban J connectivity index is 2.16. The number of rotatable bonds is 6. The number of ether oxygens (including phenoxy) is 2. The fraction of sp³-hybridized carbons (Fsp3) is 0.353. The predicted octanol–water partition coefficient (Wildman–Crippen LogP) is 2.89. The van der Waals surface area contributed by atoms with E-state index in [0.717, 1.165) is 11.3 Å². The first-order valence-corrected chi connectivity index (χ1v) is 7.02. The molecule has 0 spiro atoms. The molecular formula is C17H21NO4. The summed E-state index contributed by atoms with van der Waals surface area (Å²) in [6.45, 7) is 4.10. The van der Waals surface area contributed by atoms with Gasteiger partial charge in [0.15, 0.2) is 11.5 Å². The fourth-order valence-electron chi connectivity index (χ4n) is 2.16. The Labute approximate surface area is 130 Å². The third-order valence-corrected chi connectivity index (χ3v) is 3.68. The van der Waals surface area contributed by atoms with Crippen LogP contribution in [0.3, 0.4) is 0 Å². The zero-order valence-electron chi connectivity index (χ0n) is 13.3. The Bertz CT molecular complexity index is 632. The molecule has 0 radical (unpaired) electrons. The topological polar surface area (TPSA) is 60.7 Å². The Kier molecular flexibility index (Phi) is 4.75. The summed E-state index contributed by atoms with van der Waals surface area (Å²) in [5.74, 6) is 1.87. The van der Waals surface area contributed by atoms with E-state index in [1.165, 1.54) is 0 Å². The van der Waals surface area contributed by atoms with Crippen molar-refractivity contribution in [1.82, 2.24) is 5.32 Å². The Hall–Kier alpha value is -2.43. The van der Waals surface area contributed by atoms with Crippen molar-refractivity contribution in [2.75, 3.05) is 14.2 Å². The van der Waals surface area contributed by atoms with Gasteiger partial charge in [-0.25, -0.2) is 0 Å². The van der Waals surface area contributed by atoms with Gasteiger partial charge in [-0.15, -0.1) is 0 Å². The molecule has 1 amide bonds. The second-order valence-corrected chi connectivity index (χ2v) is 5.46. The van der Waals surface area contributed by atoms with Crippen molar-refractivity contribution in [2.24, 2.45) is 0 Å². The van der Waals surface area contributed by atoms with E-state index in [4.69, 9.17) is 13.9 Å². The van der Waals surface area contributed by atoms with E-state index >= 15 is 0 Å². The third-order valence-electron chi connectivity index (χ3n) is 3.68. The Morgan fingerprint density at radius 1 is 1.18 bits per heavy atom. The average Bonchev–Trinajstić information content (AvgIpc) is 3.05. The molecule has 0 bridgehead atoms. The van der Waals surface area contributed by atoms with Crippen LogP contribution in [0.25, 0.3) is 0 Å². The van der Waals surface area contributed by atoms with Crippen LogP contribution in [0.5, 0.6) is 11.5 Å². The minimum Gasteiger partial charge on any atom is -0.493 e. The predicted molar refractivity (Wildman–Crippen MR) is 83.1 cm³/mol. The number of methoxy groups -OCH3 is 2. The first-order chi connectivity index (χ1) is 10.5. The maximum Gasteiger partial charge on any atom is 0.230 e. The van der Waals surface area contributed by atoms with Gasteiger partial charge in [0.2, 0.25) is 5.91 Å². The number of carbonyl (C=O) groups is 1. The minimum atomic E-state index is -0.702. The maximum absolute atomic E-state index is 12.5. The Morgan fingerprint density at radius 3 is 2.50 bits per heavy atom. The average molecular weight is 303 g/mol. The van der Waals surface area contributed by atoms with Gasteiger partial charge in [-0.3, -0.25) is 4.79 Å². The Morgan fingerprint density at radius 2 is 1.91 bits per heavy atom. The molecule has 2 aromatic rings. The lowest BCUT2D eigenvalue weighted by atomic mass is 9.83. The highest BCUT2D eigenvalue weighted by molar-refractivity contribution is 5.87. The molecule has 118 valence electrons. The summed E-state index contributed by atoms with van der Waals surface area (Å²) in [5.41, 5.74) is 0.147. The summed E-state index contributed by atoms with van der Waals surface area (Å²) in [7, 11) is 3.16. The second kappa shape index (κ2) is 6.56. The van der Waals surface area contributed by atoms with E-state index in [-0.39, 0.29) is 5.91 Å². The van der Waals surface area contributed by atoms with Crippen molar-refractivity contribution in [1.29, 1.82) is 0 Å². The summed E-state index contributed by atoms with van der Waals surface area (Å²) in [5, 5.41) is 2.89. The van der Waals surface area contributed by atoms with Gasteiger partial charge < -0.3 is 19.2 Å². The molecule has 1 aromatic carbocycles. The number of amides is 1. The summed E-state index contributed by atoms with van der Waals surface area (Å²) in [6, 6.07) is 9.11. The molecule has 0 saturated carbocycles. The molecule has 0 atom stereocenters. The van der Waals surface area contributed by atoms with Crippen LogP contribution in [-0.4, -0.2) is 20.1 Å². The van der Waals surface area contributed by atoms with Crippen molar-refractivity contribution in [3.8, 4) is 11.5 Å². The number of hydrogen-bond acceptors (Lipinski definition) is 4. The van der Waals surface area contributed by atoms with E-state index < -0.39 is 5.41 Å². The molecule has 1 aromatic heterocycles. The first-order valence-electron chi connectivity index (χ1n) is 7.02. The molecular weight excluding hydrogens is 282 g/mol. The van der Waals surface area contributed by atoms with E-state index in [1.54, 1.807) is 32.6 Å². The lowest BCUT2D eigenvalue weighted by Gasteiger charge is -2.25. The van der Waals surface area contributed by atoms with Gasteiger partial charge in [0, 0.05) is 0 Å². The molecule has 1 heterocycles. The van der Waals surface area contributed by atoms with Crippen molar-refractivity contribution >= 4 is 5.91 Å². The molecule has 22 heavy (non-hydrogen) atoms. The van der Waals surface area contributed by atoms with Crippen LogP contribution in [0, 0.1) is 0 Å². The van der Waals surface area contributed by atoms with Gasteiger partial charge in [0.1, 0.15) is 5.76 Å². The van der Waals surface area contributed by atoms with Gasteiger partial charge in [0.25, 0.3) is 0 Å². The van der Waals surface area contributed by atoms with Crippen LogP contribution in [0.1, 0.15) is 25.2 Å².